The third kappa shape index (κ3) is 4.86. The summed E-state index contributed by atoms with van der Waals surface area (Å²) in [6.45, 7) is 5.81. The minimum atomic E-state index is -1.86. The van der Waals surface area contributed by atoms with Crippen molar-refractivity contribution in [2.24, 2.45) is 7.05 Å². The highest BCUT2D eigenvalue weighted by molar-refractivity contribution is 6.57. The smallest absolute Gasteiger partial charge is 0.422 e. The molecule has 2 fully saturated rings. The number of hydrogen-bond donors (Lipinski definition) is 3. The number of ether oxygens (including phenoxy) is 1. The third-order valence-corrected chi connectivity index (χ3v) is 6.18. The minimum absolute atomic E-state index is 0.0774. The molecule has 1 unspecified atom stereocenters. The average molecular weight is 458 g/mol. The second kappa shape index (κ2) is 9.47. The first-order chi connectivity index (χ1) is 15.7. The molecule has 1 aromatic heterocycles. The van der Waals surface area contributed by atoms with Crippen LogP contribution in [0.15, 0.2) is 29.2 Å². The average Bonchev–Trinajstić information content (AvgIpc) is 3.31. The van der Waals surface area contributed by atoms with Gasteiger partial charge in [-0.15, -0.1) is 0 Å². The lowest BCUT2D eigenvalue weighted by molar-refractivity contribution is -0.384. The Kier molecular flexibility index (Phi) is 6.65. The Morgan fingerprint density at radius 3 is 2.76 bits per heavy atom. The van der Waals surface area contributed by atoms with Gasteiger partial charge in [-0.2, -0.15) is 0 Å². The van der Waals surface area contributed by atoms with E-state index >= 15 is 0 Å². The molecule has 0 amide bonds. The highest BCUT2D eigenvalue weighted by atomic mass is 16.6. The second-order valence-corrected chi connectivity index (χ2v) is 8.44. The molecular formula is C20H27BN6O6. The van der Waals surface area contributed by atoms with Crippen molar-refractivity contribution < 1.29 is 19.7 Å². The van der Waals surface area contributed by atoms with Crippen LogP contribution in [0.2, 0.25) is 0 Å². The maximum atomic E-state index is 12.4. The second-order valence-electron chi connectivity index (χ2n) is 8.44. The number of nitro groups is 1. The summed E-state index contributed by atoms with van der Waals surface area (Å²) in [6, 6.07) is 5.16. The first-order valence-electron chi connectivity index (χ1n) is 10.8. The Hall–Kier alpha value is -3.00. The van der Waals surface area contributed by atoms with E-state index < -0.39 is 17.6 Å². The zero-order chi connectivity index (χ0) is 23.7. The Balaban J connectivity index is 1.58. The van der Waals surface area contributed by atoms with E-state index in [4.69, 9.17) is 4.74 Å². The van der Waals surface area contributed by atoms with E-state index in [1.807, 2.05) is 4.90 Å². The topological polar surface area (TPSA) is 146 Å². The predicted molar refractivity (Wildman–Crippen MR) is 123 cm³/mol. The maximum absolute atomic E-state index is 12.4. The molecule has 3 heterocycles. The van der Waals surface area contributed by atoms with Crippen LogP contribution in [0.4, 0.5) is 22.9 Å². The molecule has 0 aliphatic carbocycles. The van der Waals surface area contributed by atoms with Gasteiger partial charge in [0.2, 0.25) is 0 Å². The summed E-state index contributed by atoms with van der Waals surface area (Å²) in [5, 5.41) is 33.4. The zero-order valence-electron chi connectivity index (χ0n) is 18.5. The van der Waals surface area contributed by atoms with Crippen molar-refractivity contribution in [2.45, 2.75) is 25.4 Å². The van der Waals surface area contributed by atoms with E-state index in [1.54, 1.807) is 12.1 Å². The number of nitrogens with zero attached hydrogens (tertiary/aromatic N) is 5. The maximum Gasteiger partial charge on any atom is 0.509 e. The number of nitro benzene ring substituents is 1. The van der Waals surface area contributed by atoms with Crippen LogP contribution in [0.1, 0.15) is 13.3 Å². The number of aryl methyl sites for hydroxylation is 1. The summed E-state index contributed by atoms with van der Waals surface area (Å²) in [4.78, 5) is 32.2. The van der Waals surface area contributed by atoms with Crippen molar-refractivity contribution in [3.05, 3.63) is 44.9 Å². The summed E-state index contributed by atoms with van der Waals surface area (Å²) < 4.78 is 6.65. The molecule has 0 saturated carbocycles. The number of hydrogen-bond acceptors (Lipinski definition) is 10. The SMILES string of the molecule is C[C@H]1CN(C2CCOC2)CCN1c1ccc(Nc2nc(B(O)O)cn(C)c2=O)cc1[N+](=O)[O-]. The fraction of sp³-hybridized carbons (Fsp3) is 0.500. The van der Waals surface area contributed by atoms with Crippen LogP contribution in [-0.2, 0) is 11.8 Å². The number of aromatic nitrogens is 2. The van der Waals surface area contributed by atoms with E-state index in [1.165, 1.54) is 19.3 Å². The Morgan fingerprint density at radius 1 is 1.33 bits per heavy atom. The molecule has 1 aromatic carbocycles. The molecule has 3 N–H and O–H groups in total. The van der Waals surface area contributed by atoms with Crippen LogP contribution < -0.4 is 21.4 Å². The van der Waals surface area contributed by atoms with Gasteiger partial charge in [0, 0.05) is 63.3 Å². The molecule has 0 bridgehead atoms. The third-order valence-electron chi connectivity index (χ3n) is 6.18. The van der Waals surface area contributed by atoms with E-state index in [-0.39, 0.29) is 23.1 Å². The van der Waals surface area contributed by atoms with Gasteiger partial charge < -0.3 is 29.6 Å². The number of benzene rings is 1. The van der Waals surface area contributed by atoms with E-state index in [2.05, 4.69) is 22.1 Å². The lowest BCUT2D eigenvalue weighted by Crippen LogP contribution is -2.55. The summed E-state index contributed by atoms with van der Waals surface area (Å²) in [5.74, 6) is -0.161. The van der Waals surface area contributed by atoms with Crippen molar-refractivity contribution in [2.75, 3.05) is 43.1 Å². The molecule has 2 aromatic rings. The number of nitrogens with one attached hydrogen (secondary N) is 1. The van der Waals surface area contributed by atoms with Crippen molar-refractivity contribution in [3.63, 3.8) is 0 Å². The minimum Gasteiger partial charge on any atom is -0.422 e. The van der Waals surface area contributed by atoms with Gasteiger partial charge in [-0.1, -0.05) is 0 Å². The van der Waals surface area contributed by atoms with Crippen molar-refractivity contribution in [3.8, 4) is 0 Å². The van der Waals surface area contributed by atoms with E-state index in [9.17, 15) is 25.0 Å². The van der Waals surface area contributed by atoms with Gasteiger partial charge in [-0.3, -0.25) is 19.8 Å². The largest absolute Gasteiger partial charge is 0.509 e. The van der Waals surface area contributed by atoms with Gasteiger partial charge in [0.1, 0.15) is 5.69 Å². The van der Waals surface area contributed by atoms with Crippen LogP contribution in [0.25, 0.3) is 0 Å². The fourth-order valence-corrected chi connectivity index (χ4v) is 4.45. The number of rotatable bonds is 6. The normalized spacial score (nSPS) is 21.3. The molecule has 0 radical (unpaired) electrons. The highest BCUT2D eigenvalue weighted by Crippen LogP contribution is 2.34. The van der Waals surface area contributed by atoms with Crippen LogP contribution in [0, 0.1) is 10.1 Å². The Labute approximate surface area is 190 Å². The predicted octanol–water partition coefficient (Wildman–Crippen LogP) is -0.589. The molecule has 4 rings (SSSR count). The lowest BCUT2D eigenvalue weighted by Gasteiger charge is -2.43. The Morgan fingerprint density at radius 2 is 2.12 bits per heavy atom. The molecular weight excluding hydrogens is 431 g/mol. The molecule has 12 nitrogen and oxygen atoms in total. The molecule has 2 aliphatic rings. The van der Waals surface area contributed by atoms with Gasteiger partial charge in [0.15, 0.2) is 5.82 Å². The van der Waals surface area contributed by atoms with Crippen molar-refractivity contribution in [1.29, 1.82) is 0 Å². The van der Waals surface area contributed by atoms with Gasteiger partial charge in [-0.25, -0.2) is 4.98 Å². The summed E-state index contributed by atoms with van der Waals surface area (Å²) in [6.07, 6.45) is 2.22. The summed E-state index contributed by atoms with van der Waals surface area (Å²) in [5.41, 5.74) is 0.103. The molecule has 2 atom stereocenters. The van der Waals surface area contributed by atoms with Gasteiger partial charge in [-0.05, 0) is 25.5 Å². The highest BCUT2D eigenvalue weighted by Gasteiger charge is 2.33. The van der Waals surface area contributed by atoms with Crippen LogP contribution in [-0.4, -0.2) is 81.5 Å². The van der Waals surface area contributed by atoms with Gasteiger partial charge in [0.25, 0.3) is 11.2 Å². The first-order valence-corrected chi connectivity index (χ1v) is 10.8. The van der Waals surface area contributed by atoms with E-state index in [0.29, 0.717) is 24.0 Å². The Bertz CT molecular complexity index is 1090. The van der Waals surface area contributed by atoms with Crippen LogP contribution in [0.5, 0.6) is 0 Å². The van der Waals surface area contributed by atoms with E-state index in [0.717, 1.165) is 37.3 Å². The van der Waals surface area contributed by atoms with Crippen LogP contribution >= 0.6 is 0 Å². The summed E-state index contributed by atoms with van der Waals surface area (Å²) >= 11 is 0. The molecule has 2 saturated heterocycles. The zero-order valence-corrected chi connectivity index (χ0v) is 18.5. The molecule has 13 heteroatoms. The van der Waals surface area contributed by atoms with Crippen molar-refractivity contribution >= 4 is 35.6 Å². The van der Waals surface area contributed by atoms with Gasteiger partial charge in [0.05, 0.1) is 17.1 Å². The number of anilines is 3. The quantitative estimate of drug-likeness (QED) is 0.292. The van der Waals surface area contributed by atoms with Crippen LogP contribution in [0.3, 0.4) is 0 Å². The van der Waals surface area contributed by atoms with Gasteiger partial charge >= 0.3 is 7.12 Å². The molecule has 2 aliphatic heterocycles. The number of piperazine rings is 1. The molecule has 176 valence electrons. The first kappa shape index (κ1) is 23.2. The van der Waals surface area contributed by atoms with Crippen molar-refractivity contribution in [1.82, 2.24) is 14.5 Å². The fourth-order valence-electron chi connectivity index (χ4n) is 4.45. The monoisotopic (exact) mass is 458 g/mol. The summed E-state index contributed by atoms with van der Waals surface area (Å²) in [7, 11) is -0.407. The molecule has 33 heavy (non-hydrogen) atoms. The standard InChI is InChI=1S/C20H27BN6O6/c1-13-10-25(15-5-8-33-12-15)6-7-26(13)16-4-3-14(9-17(16)27(31)32)22-19-20(28)24(2)11-18(23-19)21(29)30/h3-4,9,11,13,15,29-30H,5-8,10,12H2,1-2H3,(H,22,23)/t13-,15?/m0/s1. The lowest BCUT2D eigenvalue weighted by atomic mass is 9.87. The molecule has 0 spiro atoms.